The van der Waals surface area contributed by atoms with Crippen molar-refractivity contribution in [3.8, 4) is 0 Å². The lowest BCUT2D eigenvalue weighted by atomic mass is 9.89. The van der Waals surface area contributed by atoms with Crippen LogP contribution in [0.25, 0.3) is 10.9 Å². The number of aromatic amines is 1. The third-order valence-corrected chi connectivity index (χ3v) is 7.10. The van der Waals surface area contributed by atoms with Crippen molar-refractivity contribution in [2.75, 3.05) is 12.0 Å². The van der Waals surface area contributed by atoms with Gasteiger partial charge in [-0.2, -0.15) is 0 Å². The fraction of sp³-hybridized carbons (Fsp3) is 0.148. The summed E-state index contributed by atoms with van der Waals surface area (Å²) < 4.78 is 4.79. The summed E-state index contributed by atoms with van der Waals surface area (Å²) in [5.41, 5.74) is 5.41. The molecule has 6 nitrogen and oxygen atoms in total. The van der Waals surface area contributed by atoms with Crippen molar-refractivity contribution >= 4 is 45.8 Å². The molecule has 3 heterocycles. The van der Waals surface area contributed by atoms with Crippen LogP contribution >= 0.6 is 12.2 Å². The molecule has 2 atom stereocenters. The van der Waals surface area contributed by atoms with Gasteiger partial charge in [0.25, 0.3) is 5.91 Å². The number of esters is 1. The molecule has 6 rings (SSSR count). The van der Waals surface area contributed by atoms with Gasteiger partial charge in [-0.15, -0.1) is 0 Å². The van der Waals surface area contributed by atoms with Crippen LogP contribution in [0.5, 0.6) is 0 Å². The number of carbonyl (C=O) groups excluding carboxylic acids is 2. The Kier molecular flexibility index (Phi) is 4.74. The van der Waals surface area contributed by atoms with Crippen molar-refractivity contribution in [3.63, 3.8) is 0 Å². The quantitative estimate of drug-likeness (QED) is 0.352. The molecular weight excluding hydrogens is 446 g/mol. The van der Waals surface area contributed by atoms with Crippen LogP contribution in [0.4, 0.5) is 5.69 Å². The summed E-state index contributed by atoms with van der Waals surface area (Å²) in [6, 6.07) is 24.5. The second-order valence-electron chi connectivity index (χ2n) is 8.50. The largest absolute Gasteiger partial charge is 0.465 e. The Labute approximate surface area is 201 Å². The maximum atomic E-state index is 13.8. The summed E-state index contributed by atoms with van der Waals surface area (Å²) in [4.78, 5) is 32.9. The second kappa shape index (κ2) is 7.81. The molecule has 3 aromatic carbocycles. The normalized spacial score (nSPS) is 19.3. The van der Waals surface area contributed by atoms with Crippen LogP contribution in [0.15, 0.2) is 78.9 Å². The van der Waals surface area contributed by atoms with Gasteiger partial charge in [0.1, 0.15) is 6.04 Å². The maximum Gasteiger partial charge on any atom is 0.337 e. The molecule has 1 N–H and O–H groups in total. The Morgan fingerprint density at radius 3 is 2.44 bits per heavy atom. The molecule has 1 fully saturated rings. The van der Waals surface area contributed by atoms with Gasteiger partial charge in [0.15, 0.2) is 5.11 Å². The lowest BCUT2D eigenvalue weighted by Crippen LogP contribution is -2.44. The number of hydrogen-bond acceptors (Lipinski definition) is 4. The Balaban J connectivity index is 1.47. The van der Waals surface area contributed by atoms with E-state index in [0.717, 1.165) is 27.7 Å². The van der Waals surface area contributed by atoms with Gasteiger partial charge in [-0.05, 0) is 53.7 Å². The van der Waals surface area contributed by atoms with Gasteiger partial charge in [0.05, 0.1) is 24.4 Å². The Bertz CT molecular complexity index is 1450. The highest BCUT2D eigenvalue weighted by Crippen LogP contribution is 2.44. The number of para-hydroxylation sites is 1. The van der Waals surface area contributed by atoms with E-state index < -0.39 is 12.0 Å². The van der Waals surface area contributed by atoms with Crippen molar-refractivity contribution in [3.05, 3.63) is 101 Å². The molecule has 0 radical (unpaired) electrons. The van der Waals surface area contributed by atoms with Crippen LogP contribution in [0.2, 0.25) is 0 Å². The van der Waals surface area contributed by atoms with E-state index in [9.17, 15) is 9.59 Å². The zero-order valence-corrected chi connectivity index (χ0v) is 19.2. The number of ether oxygens (including phenoxy) is 1. The van der Waals surface area contributed by atoms with Gasteiger partial charge in [-0.3, -0.25) is 9.69 Å². The number of nitrogens with one attached hydrogen (secondary N) is 1. The Hall–Kier alpha value is -3.97. The summed E-state index contributed by atoms with van der Waals surface area (Å²) in [6.07, 6.45) is 0.568. The molecule has 0 bridgehead atoms. The van der Waals surface area contributed by atoms with Crippen molar-refractivity contribution in [1.82, 2.24) is 9.88 Å². The molecule has 4 aromatic rings. The molecule has 0 spiro atoms. The fourth-order valence-electron chi connectivity index (χ4n) is 5.16. The van der Waals surface area contributed by atoms with E-state index in [1.807, 2.05) is 30.3 Å². The van der Waals surface area contributed by atoms with Crippen LogP contribution in [-0.2, 0) is 16.0 Å². The zero-order chi connectivity index (χ0) is 23.4. The van der Waals surface area contributed by atoms with E-state index in [-0.39, 0.29) is 11.9 Å². The molecule has 1 amide bonds. The number of carbonyl (C=O) groups is 2. The Morgan fingerprint density at radius 2 is 1.71 bits per heavy atom. The number of anilines is 1. The standard InChI is InChI=1S/C27H21N3O3S/c1-33-26(32)17-11-13-18(14-12-17)29-25(31)22-15-20-19-9-5-6-10-21(19)28-23(20)24(30(22)27(29)34)16-7-3-2-4-8-16/h2-14,22,24,28H,15H2,1H3/t22-,24+/m0/s1. The number of hydrogen-bond donors (Lipinski definition) is 1. The molecule has 7 heteroatoms. The highest BCUT2D eigenvalue weighted by atomic mass is 32.1. The number of aromatic nitrogens is 1. The van der Waals surface area contributed by atoms with Crippen LogP contribution in [0.3, 0.4) is 0 Å². The average molecular weight is 468 g/mol. The molecule has 34 heavy (non-hydrogen) atoms. The molecule has 1 saturated heterocycles. The van der Waals surface area contributed by atoms with Gasteiger partial charge < -0.3 is 14.6 Å². The SMILES string of the molecule is COC(=O)c1ccc(N2C(=O)[C@@H]3Cc4c([nH]c5ccccc45)[C@@H](c4ccccc4)N3C2=S)cc1. The highest BCUT2D eigenvalue weighted by molar-refractivity contribution is 7.80. The van der Waals surface area contributed by atoms with Crippen LogP contribution in [0, 0.1) is 0 Å². The number of nitrogens with zero attached hydrogens (tertiary/aromatic N) is 2. The number of benzene rings is 3. The van der Waals surface area contributed by atoms with Crippen LogP contribution in [-0.4, -0.2) is 40.0 Å². The number of fused-ring (bicyclic) bond motifs is 4. The average Bonchev–Trinajstić information content (AvgIpc) is 3.37. The summed E-state index contributed by atoms with van der Waals surface area (Å²) in [5, 5.41) is 1.59. The van der Waals surface area contributed by atoms with E-state index in [2.05, 4.69) is 34.1 Å². The lowest BCUT2D eigenvalue weighted by molar-refractivity contribution is -0.120. The first-order valence-electron chi connectivity index (χ1n) is 11.1. The van der Waals surface area contributed by atoms with E-state index in [1.54, 1.807) is 29.2 Å². The molecular formula is C27H21N3O3S. The second-order valence-corrected chi connectivity index (χ2v) is 8.86. The molecule has 0 saturated carbocycles. The van der Waals surface area contributed by atoms with E-state index in [4.69, 9.17) is 17.0 Å². The van der Waals surface area contributed by atoms with Crippen molar-refractivity contribution in [1.29, 1.82) is 0 Å². The van der Waals surface area contributed by atoms with E-state index in [0.29, 0.717) is 22.8 Å². The first-order valence-corrected chi connectivity index (χ1v) is 11.5. The number of methoxy groups -OCH3 is 1. The van der Waals surface area contributed by atoms with E-state index in [1.165, 1.54) is 7.11 Å². The third kappa shape index (κ3) is 2.97. The molecule has 168 valence electrons. The maximum absolute atomic E-state index is 13.8. The number of H-pyrrole nitrogens is 1. The van der Waals surface area contributed by atoms with Gasteiger partial charge in [0, 0.05) is 23.0 Å². The molecule has 1 aromatic heterocycles. The summed E-state index contributed by atoms with van der Waals surface area (Å²) in [7, 11) is 1.34. The minimum Gasteiger partial charge on any atom is -0.465 e. The zero-order valence-electron chi connectivity index (χ0n) is 18.4. The van der Waals surface area contributed by atoms with Crippen LogP contribution in [0.1, 0.15) is 33.2 Å². The van der Waals surface area contributed by atoms with Gasteiger partial charge in [0.2, 0.25) is 0 Å². The van der Waals surface area contributed by atoms with E-state index >= 15 is 0 Å². The van der Waals surface area contributed by atoms with Gasteiger partial charge >= 0.3 is 5.97 Å². The van der Waals surface area contributed by atoms with Crippen molar-refractivity contribution < 1.29 is 14.3 Å². The first-order chi connectivity index (χ1) is 16.6. The Morgan fingerprint density at radius 1 is 1.00 bits per heavy atom. The summed E-state index contributed by atoms with van der Waals surface area (Å²) in [6.45, 7) is 0. The molecule has 2 aliphatic rings. The van der Waals surface area contributed by atoms with Crippen molar-refractivity contribution in [2.45, 2.75) is 18.5 Å². The first kappa shape index (κ1) is 20.6. The fourth-order valence-corrected chi connectivity index (χ4v) is 5.59. The summed E-state index contributed by atoms with van der Waals surface area (Å²) >= 11 is 5.92. The summed E-state index contributed by atoms with van der Waals surface area (Å²) in [5.74, 6) is -0.485. The molecule has 2 aliphatic heterocycles. The highest BCUT2D eigenvalue weighted by Gasteiger charge is 2.50. The topological polar surface area (TPSA) is 65.6 Å². The predicted molar refractivity (Wildman–Crippen MR) is 134 cm³/mol. The minimum atomic E-state index is -0.422. The van der Waals surface area contributed by atoms with Gasteiger partial charge in [-0.1, -0.05) is 48.5 Å². The molecule has 0 aliphatic carbocycles. The number of amides is 1. The predicted octanol–water partition coefficient (Wildman–Crippen LogP) is 4.60. The number of rotatable bonds is 3. The monoisotopic (exact) mass is 467 g/mol. The molecule has 0 unspecified atom stereocenters. The van der Waals surface area contributed by atoms with Crippen LogP contribution < -0.4 is 4.90 Å². The van der Waals surface area contributed by atoms with Gasteiger partial charge in [-0.25, -0.2) is 4.79 Å². The third-order valence-electron chi connectivity index (χ3n) is 6.71. The van der Waals surface area contributed by atoms with Crippen molar-refractivity contribution in [2.24, 2.45) is 0 Å². The number of thiocarbonyl (C=S) groups is 1. The minimum absolute atomic E-state index is 0.0623. The smallest absolute Gasteiger partial charge is 0.337 e. The lowest BCUT2D eigenvalue weighted by Gasteiger charge is -2.37.